The van der Waals surface area contributed by atoms with E-state index in [0.717, 1.165) is 54.8 Å². The van der Waals surface area contributed by atoms with Crippen molar-refractivity contribution in [2.45, 2.75) is 24.5 Å². The highest BCUT2D eigenvalue weighted by Crippen LogP contribution is 2.35. The molecule has 2 heterocycles. The van der Waals surface area contributed by atoms with E-state index in [1.165, 1.54) is 17.0 Å². The second kappa shape index (κ2) is 9.75. The summed E-state index contributed by atoms with van der Waals surface area (Å²) < 4.78 is 0. The van der Waals surface area contributed by atoms with Gasteiger partial charge in [-0.2, -0.15) is 0 Å². The monoisotopic (exact) mass is 461 g/mol. The zero-order valence-corrected chi connectivity index (χ0v) is 19.9. The van der Waals surface area contributed by atoms with E-state index in [-0.39, 0.29) is 5.91 Å². The minimum atomic E-state index is -0.889. The molecule has 1 N–H and O–H groups in total. The first kappa shape index (κ1) is 22.3. The third-order valence-electron chi connectivity index (χ3n) is 6.70. The predicted molar refractivity (Wildman–Crippen MR) is 136 cm³/mol. The number of carbonyl (C=O) groups excluding carboxylic acids is 1. The standard InChI is InChI=1S/C27H31N3O2S/c1-2-19-33-24-12-4-3-11-23(24)29-16-13-28(14-17-29)15-18-30-26(31)21-9-5-7-20-8-6-10-22(25(20)21)27(30)32/h3-12,26,31H,2,13-19H2,1H3. The summed E-state index contributed by atoms with van der Waals surface area (Å²) in [7, 11) is 0. The van der Waals surface area contributed by atoms with Crippen molar-refractivity contribution in [1.82, 2.24) is 9.80 Å². The minimum absolute atomic E-state index is 0.0766. The van der Waals surface area contributed by atoms with Crippen LogP contribution in [0.3, 0.4) is 0 Å². The summed E-state index contributed by atoms with van der Waals surface area (Å²) in [6.45, 7) is 7.37. The molecule has 0 aromatic heterocycles. The number of anilines is 1. The van der Waals surface area contributed by atoms with E-state index in [0.29, 0.717) is 12.1 Å². The summed E-state index contributed by atoms with van der Waals surface area (Å²) in [6.07, 6.45) is 0.284. The van der Waals surface area contributed by atoms with Gasteiger partial charge in [-0.3, -0.25) is 9.69 Å². The molecule has 2 aliphatic heterocycles. The van der Waals surface area contributed by atoms with Gasteiger partial charge in [0.1, 0.15) is 0 Å². The van der Waals surface area contributed by atoms with Crippen molar-refractivity contribution in [3.63, 3.8) is 0 Å². The summed E-state index contributed by atoms with van der Waals surface area (Å²) >= 11 is 1.94. The fourth-order valence-electron chi connectivity index (χ4n) is 4.93. The maximum Gasteiger partial charge on any atom is 0.256 e. The van der Waals surface area contributed by atoms with Crippen LogP contribution < -0.4 is 4.90 Å². The van der Waals surface area contributed by atoms with Crippen molar-refractivity contribution in [3.05, 3.63) is 71.8 Å². The highest BCUT2D eigenvalue weighted by Gasteiger charge is 2.33. The Labute approximate surface area is 200 Å². The number of para-hydroxylation sites is 1. The lowest BCUT2D eigenvalue weighted by Crippen LogP contribution is -2.50. The van der Waals surface area contributed by atoms with Gasteiger partial charge in [-0.25, -0.2) is 0 Å². The van der Waals surface area contributed by atoms with Crippen molar-refractivity contribution in [1.29, 1.82) is 0 Å². The number of hydrogen-bond acceptors (Lipinski definition) is 5. The molecular formula is C27H31N3O2S. The minimum Gasteiger partial charge on any atom is -0.369 e. The molecule has 3 aromatic carbocycles. The lowest BCUT2D eigenvalue weighted by molar-refractivity contribution is 0.000970. The van der Waals surface area contributed by atoms with Crippen LogP contribution in [0.4, 0.5) is 5.69 Å². The van der Waals surface area contributed by atoms with Crippen LogP contribution in [0, 0.1) is 0 Å². The Kier molecular flexibility index (Phi) is 6.58. The first-order valence-corrected chi connectivity index (χ1v) is 12.9. The summed E-state index contributed by atoms with van der Waals surface area (Å²) in [5, 5.41) is 12.9. The van der Waals surface area contributed by atoms with Crippen LogP contribution in [0.5, 0.6) is 0 Å². The molecule has 1 fully saturated rings. The first-order valence-electron chi connectivity index (χ1n) is 11.9. The van der Waals surface area contributed by atoms with Gasteiger partial charge in [-0.05, 0) is 35.8 Å². The van der Waals surface area contributed by atoms with E-state index >= 15 is 0 Å². The van der Waals surface area contributed by atoms with E-state index in [2.05, 4.69) is 41.0 Å². The zero-order chi connectivity index (χ0) is 22.8. The number of carbonyl (C=O) groups is 1. The van der Waals surface area contributed by atoms with Crippen LogP contribution in [-0.4, -0.2) is 65.8 Å². The lowest BCUT2D eigenvalue weighted by Gasteiger charge is -2.39. The second-order valence-corrected chi connectivity index (χ2v) is 9.90. The molecule has 2 aliphatic rings. The fraction of sp³-hybridized carbons (Fsp3) is 0.370. The molecule has 1 saturated heterocycles. The van der Waals surface area contributed by atoms with Crippen LogP contribution in [0.25, 0.3) is 10.8 Å². The molecule has 0 aliphatic carbocycles. The Bertz CT molecular complexity index is 1140. The molecule has 3 aromatic rings. The summed E-state index contributed by atoms with van der Waals surface area (Å²) in [5.41, 5.74) is 2.86. The number of rotatable bonds is 7. The van der Waals surface area contributed by atoms with E-state index in [9.17, 15) is 9.90 Å². The Balaban J connectivity index is 1.22. The number of aliphatic hydroxyl groups is 1. The van der Waals surface area contributed by atoms with Crippen LogP contribution in [0.1, 0.15) is 35.5 Å². The van der Waals surface area contributed by atoms with Crippen LogP contribution in [-0.2, 0) is 0 Å². The smallest absolute Gasteiger partial charge is 0.256 e. The highest BCUT2D eigenvalue weighted by molar-refractivity contribution is 7.99. The van der Waals surface area contributed by atoms with Crippen molar-refractivity contribution >= 4 is 34.1 Å². The Morgan fingerprint density at radius 3 is 2.48 bits per heavy atom. The number of nitrogens with zero attached hydrogens (tertiary/aromatic N) is 3. The Morgan fingerprint density at radius 2 is 1.70 bits per heavy atom. The number of benzene rings is 3. The van der Waals surface area contributed by atoms with Gasteiger partial charge in [0.25, 0.3) is 5.91 Å². The fourth-order valence-corrected chi connectivity index (χ4v) is 5.88. The van der Waals surface area contributed by atoms with Gasteiger partial charge in [-0.15, -0.1) is 11.8 Å². The number of amides is 1. The maximum atomic E-state index is 13.2. The van der Waals surface area contributed by atoms with Crippen molar-refractivity contribution < 1.29 is 9.90 Å². The first-order chi connectivity index (χ1) is 16.2. The van der Waals surface area contributed by atoms with Crippen LogP contribution in [0.2, 0.25) is 0 Å². The largest absolute Gasteiger partial charge is 0.369 e. The van der Waals surface area contributed by atoms with Crippen LogP contribution >= 0.6 is 11.8 Å². The molecule has 172 valence electrons. The molecule has 5 rings (SSSR count). The number of hydrogen-bond donors (Lipinski definition) is 1. The molecular weight excluding hydrogens is 430 g/mol. The molecule has 0 bridgehead atoms. The summed E-state index contributed by atoms with van der Waals surface area (Å²) in [5.74, 6) is 1.06. The van der Waals surface area contributed by atoms with Crippen LogP contribution in [0.15, 0.2) is 65.6 Å². The van der Waals surface area contributed by atoms with Crippen molar-refractivity contribution in [2.24, 2.45) is 0 Å². The van der Waals surface area contributed by atoms with E-state index < -0.39 is 6.23 Å². The van der Waals surface area contributed by atoms with Gasteiger partial charge in [0.2, 0.25) is 0 Å². The third-order valence-corrected chi connectivity index (χ3v) is 7.97. The van der Waals surface area contributed by atoms with E-state index in [4.69, 9.17) is 0 Å². The van der Waals surface area contributed by atoms with E-state index in [1.807, 2.05) is 48.2 Å². The molecule has 0 saturated carbocycles. The average Bonchev–Trinajstić information content (AvgIpc) is 2.86. The topological polar surface area (TPSA) is 47.0 Å². The molecule has 0 radical (unpaired) electrons. The summed E-state index contributed by atoms with van der Waals surface area (Å²) in [4.78, 5) is 21.1. The number of thioether (sulfide) groups is 1. The molecule has 1 atom stereocenters. The normalized spacial score (nSPS) is 18.8. The maximum absolute atomic E-state index is 13.2. The third kappa shape index (κ3) is 4.35. The summed E-state index contributed by atoms with van der Waals surface area (Å²) in [6, 6.07) is 20.4. The quantitative estimate of drug-likeness (QED) is 0.521. The predicted octanol–water partition coefficient (Wildman–Crippen LogP) is 4.61. The molecule has 1 amide bonds. The number of piperazine rings is 1. The Hall–Kier alpha value is -2.54. The van der Waals surface area contributed by atoms with Gasteiger partial charge in [0, 0.05) is 60.7 Å². The lowest BCUT2D eigenvalue weighted by atomic mass is 9.93. The average molecular weight is 462 g/mol. The van der Waals surface area contributed by atoms with Gasteiger partial charge in [0.05, 0.1) is 5.69 Å². The molecule has 5 nitrogen and oxygen atoms in total. The van der Waals surface area contributed by atoms with Gasteiger partial charge >= 0.3 is 0 Å². The molecule has 33 heavy (non-hydrogen) atoms. The van der Waals surface area contributed by atoms with Crippen molar-refractivity contribution in [2.75, 3.05) is 49.9 Å². The number of aliphatic hydroxyl groups excluding tert-OH is 1. The molecule has 0 spiro atoms. The molecule has 1 unspecified atom stereocenters. The Morgan fingerprint density at radius 1 is 0.939 bits per heavy atom. The van der Waals surface area contributed by atoms with Gasteiger partial charge in [0.15, 0.2) is 6.23 Å². The van der Waals surface area contributed by atoms with Crippen molar-refractivity contribution in [3.8, 4) is 0 Å². The van der Waals surface area contributed by atoms with Gasteiger partial charge in [-0.1, -0.05) is 49.4 Å². The van der Waals surface area contributed by atoms with E-state index in [1.54, 1.807) is 4.90 Å². The second-order valence-electron chi connectivity index (χ2n) is 8.77. The van der Waals surface area contributed by atoms with Gasteiger partial charge < -0.3 is 14.9 Å². The molecule has 6 heteroatoms. The zero-order valence-electron chi connectivity index (χ0n) is 19.1. The highest BCUT2D eigenvalue weighted by atomic mass is 32.2. The SMILES string of the molecule is CCCSc1ccccc1N1CCN(CCN2C(=O)c3cccc4cccc(c34)C2O)CC1.